The Morgan fingerprint density at radius 3 is 2.57 bits per heavy atom. The fraction of sp³-hybridized carbons (Fsp3) is 0.500. The zero-order chi connectivity index (χ0) is 17.8. The van der Waals surface area contributed by atoms with Crippen molar-refractivity contribution in [2.75, 3.05) is 6.54 Å². The van der Waals surface area contributed by atoms with Crippen molar-refractivity contribution < 1.29 is 29.1 Å². The van der Waals surface area contributed by atoms with Crippen molar-refractivity contribution in [3.63, 3.8) is 0 Å². The van der Waals surface area contributed by atoms with E-state index in [0.29, 0.717) is 0 Å². The number of aliphatic hydroxyl groups is 2. The maximum Gasteiger partial charge on any atom is 0.407 e. The molecule has 2 unspecified atom stereocenters. The molecule has 0 saturated carbocycles. The third-order valence-corrected chi connectivity index (χ3v) is 2.74. The summed E-state index contributed by atoms with van der Waals surface area (Å²) in [4.78, 5) is 21.2. The molecule has 1 aromatic carbocycles. The van der Waals surface area contributed by atoms with Gasteiger partial charge in [-0.05, 0) is 20.8 Å². The minimum absolute atomic E-state index is 0.418. The van der Waals surface area contributed by atoms with Gasteiger partial charge in [0.1, 0.15) is 17.8 Å². The van der Waals surface area contributed by atoms with Gasteiger partial charge in [0.15, 0.2) is 0 Å². The first kappa shape index (κ1) is 18.8. The summed E-state index contributed by atoms with van der Waals surface area (Å²) in [6.07, 6.45) is -4.13. The van der Waals surface area contributed by atoms with E-state index in [1.54, 1.807) is 20.8 Å². The summed E-state index contributed by atoms with van der Waals surface area (Å²) in [5, 5.41) is 32.6. The Balaban J connectivity index is 2.74. The maximum atomic E-state index is 13.9. The molecule has 0 heterocycles. The number of nitro benzene ring substituents is 1. The molecular formula is C14H19FN2O6. The first-order valence-corrected chi connectivity index (χ1v) is 6.78. The zero-order valence-electron chi connectivity index (χ0n) is 12.9. The number of nitrogens with zero attached hydrogens (tertiary/aromatic N) is 1. The Morgan fingerprint density at radius 1 is 1.43 bits per heavy atom. The van der Waals surface area contributed by atoms with Crippen LogP contribution in [0.1, 0.15) is 32.4 Å². The third-order valence-electron chi connectivity index (χ3n) is 2.74. The second-order valence-electron chi connectivity index (χ2n) is 5.83. The van der Waals surface area contributed by atoms with Gasteiger partial charge in [0, 0.05) is 18.2 Å². The van der Waals surface area contributed by atoms with Gasteiger partial charge >= 0.3 is 11.8 Å². The number of alkyl carbamates (subject to hydrolysis) is 1. The highest BCUT2D eigenvalue weighted by Crippen LogP contribution is 2.26. The number of nitrogens with one attached hydrogen (secondary N) is 1. The van der Waals surface area contributed by atoms with Crippen LogP contribution in [0, 0.1) is 15.9 Å². The molecule has 8 nitrogen and oxygen atoms in total. The highest BCUT2D eigenvalue weighted by Gasteiger charge is 2.27. The lowest BCUT2D eigenvalue weighted by atomic mass is 10.0. The molecule has 0 fully saturated rings. The topological polar surface area (TPSA) is 122 Å². The van der Waals surface area contributed by atoms with Crippen LogP contribution in [-0.4, -0.2) is 39.5 Å². The minimum Gasteiger partial charge on any atom is -0.444 e. The van der Waals surface area contributed by atoms with E-state index in [1.807, 2.05) is 0 Å². The SMILES string of the molecule is CC(C)(C)OC(=O)NCC(O)C(O)c1cccc([N+](=O)[O-])c1F. The molecule has 0 aliphatic rings. The zero-order valence-corrected chi connectivity index (χ0v) is 12.9. The van der Waals surface area contributed by atoms with Gasteiger partial charge in [0.05, 0.1) is 4.92 Å². The summed E-state index contributed by atoms with van der Waals surface area (Å²) in [6.45, 7) is 4.53. The Hall–Kier alpha value is -2.26. The summed E-state index contributed by atoms with van der Waals surface area (Å²) < 4.78 is 18.9. The van der Waals surface area contributed by atoms with E-state index >= 15 is 0 Å². The van der Waals surface area contributed by atoms with Crippen LogP contribution in [-0.2, 0) is 4.74 Å². The number of carbonyl (C=O) groups is 1. The molecule has 0 aliphatic heterocycles. The Kier molecular flexibility index (Phi) is 5.99. The number of rotatable bonds is 5. The molecule has 0 spiro atoms. The highest BCUT2D eigenvalue weighted by molar-refractivity contribution is 5.67. The Morgan fingerprint density at radius 2 is 2.04 bits per heavy atom. The molecule has 23 heavy (non-hydrogen) atoms. The van der Waals surface area contributed by atoms with Crippen molar-refractivity contribution in [3.05, 3.63) is 39.7 Å². The molecular weight excluding hydrogens is 311 g/mol. The van der Waals surface area contributed by atoms with Crippen LogP contribution < -0.4 is 5.32 Å². The molecule has 0 radical (unpaired) electrons. The number of nitro groups is 1. The molecule has 3 N–H and O–H groups in total. The molecule has 0 bridgehead atoms. The number of halogens is 1. The molecule has 0 saturated heterocycles. The molecule has 1 aromatic rings. The lowest BCUT2D eigenvalue weighted by Crippen LogP contribution is -2.39. The van der Waals surface area contributed by atoms with Crippen molar-refractivity contribution in [2.24, 2.45) is 0 Å². The first-order valence-electron chi connectivity index (χ1n) is 6.78. The number of ether oxygens (including phenoxy) is 1. The van der Waals surface area contributed by atoms with Gasteiger partial charge < -0.3 is 20.3 Å². The second-order valence-corrected chi connectivity index (χ2v) is 5.83. The predicted octanol–water partition coefficient (Wildman–Crippen LogP) is 1.65. The van der Waals surface area contributed by atoms with Gasteiger partial charge in [-0.3, -0.25) is 10.1 Å². The van der Waals surface area contributed by atoms with E-state index in [2.05, 4.69) is 5.32 Å². The van der Waals surface area contributed by atoms with E-state index in [-0.39, 0.29) is 0 Å². The van der Waals surface area contributed by atoms with E-state index < -0.39 is 52.4 Å². The molecule has 2 atom stereocenters. The molecule has 1 rings (SSSR count). The van der Waals surface area contributed by atoms with Crippen LogP contribution in [0.4, 0.5) is 14.9 Å². The van der Waals surface area contributed by atoms with Crippen molar-refractivity contribution in [2.45, 2.75) is 38.6 Å². The average molecular weight is 330 g/mol. The standard InChI is InChI=1S/C14H19FN2O6/c1-14(2,3)23-13(20)16-7-10(18)12(19)8-5-4-6-9(11(8)15)17(21)22/h4-6,10,12,18-19H,7H2,1-3H3,(H,16,20). The number of hydrogen-bond acceptors (Lipinski definition) is 6. The number of aliphatic hydroxyl groups excluding tert-OH is 2. The number of amides is 1. The third kappa shape index (κ3) is 5.46. The van der Waals surface area contributed by atoms with Gasteiger partial charge in [0.2, 0.25) is 5.82 Å². The van der Waals surface area contributed by atoms with Gasteiger partial charge in [-0.25, -0.2) is 4.79 Å². The van der Waals surface area contributed by atoms with E-state index in [4.69, 9.17) is 4.74 Å². The maximum absolute atomic E-state index is 13.9. The monoisotopic (exact) mass is 330 g/mol. The van der Waals surface area contributed by atoms with Crippen molar-refractivity contribution in [1.29, 1.82) is 0 Å². The highest BCUT2D eigenvalue weighted by atomic mass is 19.1. The van der Waals surface area contributed by atoms with Crippen LogP contribution in [0.3, 0.4) is 0 Å². The molecule has 1 amide bonds. The molecule has 0 aromatic heterocycles. The summed E-state index contributed by atoms with van der Waals surface area (Å²) >= 11 is 0. The molecule has 9 heteroatoms. The second kappa shape index (κ2) is 7.34. The summed E-state index contributed by atoms with van der Waals surface area (Å²) in [7, 11) is 0. The quantitative estimate of drug-likeness (QED) is 0.557. The summed E-state index contributed by atoms with van der Waals surface area (Å²) in [5.74, 6) is -1.23. The summed E-state index contributed by atoms with van der Waals surface area (Å²) in [5.41, 5.74) is -1.98. The lowest BCUT2D eigenvalue weighted by molar-refractivity contribution is -0.387. The van der Waals surface area contributed by atoms with Gasteiger partial charge in [0.25, 0.3) is 0 Å². The van der Waals surface area contributed by atoms with Crippen LogP contribution in [0.2, 0.25) is 0 Å². The van der Waals surface area contributed by atoms with Crippen molar-refractivity contribution in [1.82, 2.24) is 5.32 Å². The van der Waals surface area contributed by atoms with Gasteiger partial charge in [-0.15, -0.1) is 0 Å². The number of benzene rings is 1. The van der Waals surface area contributed by atoms with Crippen molar-refractivity contribution in [3.8, 4) is 0 Å². The van der Waals surface area contributed by atoms with E-state index in [0.717, 1.165) is 12.1 Å². The van der Waals surface area contributed by atoms with Crippen LogP contribution in [0.15, 0.2) is 18.2 Å². The molecule has 0 aliphatic carbocycles. The van der Waals surface area contributed by atoms with E-state index in [1.165, 1.54) is 6.07 Å². The Labute approximate surface area is 132 Å². The van der Waals surface area contributed by atoms with Gasteiger partial charge in [-0.1, -0.05) is 12.1 Å². The fourth-order valence-electron chi connectivity index (χ4n) is 1.73. The average Bonchev–Trinajstić information content (AvgIpc) is 2.42. The number of carbonyl (C=O) groups excluding carboxylic acids is 1. The van der Waals surface area contributed by atoms with E-state index in [9.17, 15) is 29.5 Å². The minimum atomic E-state index is -1.75. The first-order chi connectivity index (χ1) is 10.5. The fourth-order valence-corrected chi connectivity index (χ4v) is 1.73. The lowest BCUT2D eigenvalue weighted by Gasteiger charge is -2.22. The van der Waals surface area contributed by atoms with Gasteiger partial charge in [-0.2, -0.15) is 4.39 Å². The predicted molar refractivity (Wildman–Crippen MR) is 78.3 cm³/mol. The normalized spacial score (nSPS) is 14.0. The van der Waals surface area contributed by atoms with Crippen LogP contribution in [0.5, 0.6) is 0 Å². The van der Waals surface area contributed by atoms with Crippen LogP contribution in [0.25, 0.3) is 0 Å². The summed E-state index contributed by atoms with van der Waals surface area (Å²) in [6, 6.07) is 3.24. The van der Waals surface area contributed by atoms with Crippen molar-refractivity contribution >= 4 is 11.8 Å². The number of hydrogen-bond donors (Lipinski definition) is 3. The largest absolute Gasteiger partial charge is 0.444 e. The Bertz CT molecular complexity index is 587. The molecule has 128 valence electrons. The smallest absolute Gasteiger partial charge is 0.407 e. The van der Waals surface area contributed by atoms with Crippen LogP contribution >= 0.6 is 0 Å².